The molecule has 0 bridgehead atoms. The molecule has 0 heterocycles. The maximum atomic E-state index is 5.25. The van der Waals surface area contributed by atoms with Gasteiger partial charge in [-0.2, -0.15) is 0 Å². The van der Waals surface area contributed by atoms with Crippen molar-refractivity contribution in [3.05, 3.63) is 34.8 Å². The summed E-state index contributed by atoms with van der Waals surface area (Å²) < 4.78 is 16.4. The third-order valence-electron chi connectivity index (χ3n) is 2.06. The lowest BCUT2D eigenvalue weighted by molar-refractivity contribution is 0.198. The Morgan fingerprint density at radius 2 is 2.11 bits per heavy atom. The molecule has 1 rings (SSSR count). The molecular formula is C14H15BrO3. The average Bonchev–Trinajstić information content (AvgIpc) is 2.38. The van der Waals surface area contributed by atoms with Crippen LogP contribution >= 0.6 is 15.9 Å². The van der Waals surface area contributed by atoms with E-state index in [1.807, 2.05) is 12.1 Å². The Hall–Kier alpha value is -1.44. The lowest BCUT2D eigenvalue weighted by Crippen LogP contribution is -1.94. The molecule has 0 saturated heterocycles. The number of methoxy groups -OCH3 is 2. The van der Waals surface area contributed by atoms with Gasteiger partial charge in [0.25, 0.3) is 0 Å². The quantitative estimate of drug-likeness (QED) is 0.618. The first kappa shape index (κ1) is 14.6. The Balaban J connectivity index is 2.66. The zero-order valence-electron chi connectivity index (χ0n) is 10.5. The molecule has 0 aliphatic heterocycles. The highest BCUT2D eigenvalue weighted by atomic mass is 79.9. The summed E-state index contributed by atoms with van der Waals surface area (Å²) in [7, 11) is 3.21. The molecule has 0 atom stereocenters. The Morgan fingerprint density at radius 1 is 1.33 bits per heavy atom. The number of benzene rings is 1. The van der Waals surface area contributed by atoms with Crippen LogP contribution in [0.2, 0.25) is 0 Å². The van der Waals surface area contributed by atoms with Gasteiger partial charge in [-0.15, -0.1) is 0 Å². The highest BCUT2D eigenvalue weighted by Crippen LogP contribution is 2.23. The molecule has 0 saturated carbocycles. The summed E-state index contributed by atoms with van der Waals surface area (Å²) in [4.78, 5) is 0. The first-order valence-corrected chi connectivity index (χ1v) is 6.08. The van der Waals surface area contributed by atoms with Crippen molar-refractivity contribution in [1.82, 2.24) is 0 Å². The van der Waals surface area contributed by atoms with E-state index in [9.17, 15) is 0 Å². The molecule has 1 aromatic carbocycles. The van der Waals surface area contributed by atoms with Crippen molar-refractivity contribution in [3.63, 3.8) is 0 Å². The molecular weight excluding hydrogens is 296 g/mol. The van der Waals surface area contributed by atoms with E-state index in [0.717, 1.165) is 15.8 Å². The summed E-state index contributed by atoms with van der Waals surface area (Å²) in [6.07, 6.45) is 0. The van der Waals surface area contributed by atoms with Gasteiger partial charge in [0, 0.05) is 10.5 Å². The molecule has 0 amide bonds. The van der Waals surface area contributed by atoms with Crippen LogP contribution in [0, 0.1) is 11.8 Å². The minimum absolute atomic E-state index is 0.347. The molecule has 0 N–H and O–H groups in total. The van der Waals surface area contributed by atoms with Gasteiger partial charge in [0.2, 0.25) is 0 Å². The molecule has 0 aliphatic carbocycles. The largest absolute Gasteiger partial charge is 0.497 e. The predicted octanol–water partition coefficient (Wildman–Crippen LogP) is 2.98. The molecule has 0 unspecified atom stereocenters. The minimum atomic E-state index is 0.347. The van der Waals surface area contributed by atoms with Crippen LogP contribution in [0.4, 0.5) is 0 Å². The second-order valence-corrected chi connectivity index (χ2v) is 4.50. The van der Waals surface area contributed by atoms with Crippen LogP contribution in [-0.4, -0.2) is 27.4 Å². The van der Waals surface area contributed by atoms with Gasteiger partial charge in [0.15, 0.2) is 0 Å². The monoisotopic (exact) mass is 310 g/mol. The van der Waals surface area contributed by atoms with Gasteiger partial charge in [0.05, 0.1) is 26.4 Å². The first-order valence-electron chi connectivity index (χ1n) is 5.29. The van der Waals surface area contributed by atoms with Crippen LogP contribution in [0.5, 0.6) is 11.5 Å². The van der Waals surface area contributed by atoms with Crippen molar-refractivity contribution in [3.8, 4) is 23.3 Å². The number of hydrogen-bond acceptors (Lipinski definition) is 3. The second kappa shape index (κ2) is 7.80. The van der Waals surface area contributed by atoms with Crippen molar-refractivity contribution in [2.45, 2.75) is 0 Å². The summed E-state index contributed by atoms with van der Waals surface area (Å²) in [5.41, 5.74) is 0.805. The molecule has 0 aromatic heterocycles. The van der Waals surface area contributed by atoms with E-state index in [2.05, 4.69) is 34.3 Å². The van der Waals surface area contributed by atoms with Gasteiger partial charge in [-0.3, -0.25) is 0 Å². The van der Waals surface area contributed by atoms with E-state index in [1.54, 1.807) is 20.3 Å². The van der Waals surface area contributed by atoms with Crippen LogP contribution in [0.15, 0.2) is 29.3 Å². The summed E-state index contributed by atoms with van der Waals surface area (Å²) in [5.74, 6) is 7.33. The third kappa shape index (κ3) is 4.82. The van der Waals surface area contributed by atoms with E-state index in [-0.39, 0.29) is 0 Å². The fraction of sp³-hybridized carbons (Fsp3) is 0.286. The molecule has 0 fully saturated rings. The van der Waals surface area contributed by atoms with Crippen molar-refractivity contribution in [1.29, 1.82) is 0 Å². The Kier molecular flexibility index (Phi) is 6.34. The van der Waals surface area contributed by atoms with Gasteiger partial charge in [0.1, 0.15) is 18.1 Å². The fourth-order valence-electron chi connectivity index (χ4n) is 1.25. The summed E-state index contributed by atoms with van der Waals surface area (Å²) in [6, 6.07) is 5.49. The Labute approximate surface area is 116 Å². The van der Waals surface area contributed by atoms with Crippen molar-refractivity contribution < 1.29 is 14.2 Å². The maximum Gasteiger partial charge on any atom is 0.138 e. The summed E-state index contributed by atoms with van der Waals surface area (Å²) in [6.45, 7) is 4.47. The number of hydrogen-bond donors (Lipinski definition) is 0. The molecule has 1 aromatic rings. The normalized spacial score (nSPS) is 9.28. The number of rotatable bonds is 5. The number of halogens is 1. The third-order valence-corrected chi connectivity index (χ3v) is 2.29. The second-order valence-electron chi connectivity index (χ2n) is 3.38. The first-order chi connectivity index (χ1) is 8.67. The zero-order valence-corrected chi connectivity index (χ0v) is 12.0. The van der Waals surface area contributed by atoms with Gasteiger partial charge < -0.3 is 14.2 Å². The van der Waals surface area contributed by atoms with Gasteiger partial charge in [-0.25, -0.2) is 0 Å². The van der Waals surface area contributed by atoms with Crippen LogP contribution in [0.3, 0.4) is 0 Å². The molecule has 0 spiro atoms. The predicted molar refractivity (Wildman–Crippen MR) is 75.3 cm³/mol. The fourth-order valence-corrected chi connectivity index (χ4v) is 1.41. The average molecular weight is 311 g/mol. The minimum Gasteiger partial charge on any atom is -0.497 e. The van der Waals surface area contributed by atoms with Crippen LogP contribution in [0.25, 0.3) is 0 Å². The van der Waals surface area contributed by atoms with E-state index < -0.39 is 0 Å². The lowest BCUT2D eigenvalue weighted by Gasteiger charge is -2.05. The van der Waals surface area contributed by atoms with Gasteiger partial charge in [-0.05, 0) is 12.1 Å². The molecule has 18 heavy (non-hydrogen) atoms. The van der Waals surface area contributed by atoms with Crippen LogP contribution in [0.1, 0.15) is 5.56 Å². The molecule has 0 radical (unpaired) electrons. The molecule has 4 heteroatoms. The maximum absolute atomic E-state index is 5.25. The van der Waals surface area contributed by atoms with E-state index in [0.29, 0.717) is 19.0 Å². The van der Waals surface area contributed by atoms with Crippen molar-refractivity contribution in [2.24, 2.45) is 0 Å². The SMILES string of the molecule is C=C(Br)COCC#Cc1ccc(OC)cc1OC. The highest BCUT2D eigenvalue weighted by molar-refractivity contribution is 9.11. The molecule has 3 nitrogen and oxygen atoms in total. The summed E-state index contributed by atoms with van der Waals surface area (Å²) in [5, 5.41) is 0. The van der Waals surface area contributed by atoms with E-state index in [1.165, 1.54) is 0 Å². The van der Waals surface area contributed by atoms with Crippen LogP contribution < -0.4 is 9.47 Å². The topological polar surface area (TPSA) is 27.7 Å². The van der Waals surface area contributed by atoms with Crippen LogP contribution in [-0.2, 0) is 4.74 Å². The van der Waals surface area contributed by atoms with E-state index in [4.69, 9.17) is 14.2 Å². The van der Waals surface area contributed by atoms with Crippen molar-refractivity contribution >= 4 is 15.9 Å². The van der Waals surface area contributed by atoms with Crippen molar-refractivity contribution in [2.75, 3.05) is 27.4 Å². The molecule has 0 aliphatic rings. The lowest BCUT2D eigenvalue weighted by atomic mass is 10.2. The number of ether oxygens (including phenoxy) is 3. The summed E-state index contributed by atoms with van der Waals surface area (Å²) >= 11 is 3.21. The van der Waals surface area contributed by atoms with Gasteiger partial charge in [-0.1, -0.05) is 34.3 Å². The van der Waals surface area contributed by atoms with Gasteiger partial charge >= 0.3 is 0 Å². The standard InChI is InChI=1S/C14H15BrO3/c1-11(15)10-18-8-4-5-12-6-7-13(16-2)9-14(12)17-3/h6-7,9H,1,8,10H2,2-3H3. The zero-order chi connectivity index (χ0) is 13.4. The van der Waals surface area contributed by atoms with E-state index >= 15 is 0 Å². The Morgan fingerprint density at radius 3 is 2.72 bits per heavy atom. The smallest absolute Gasteiger partial charge is 0.138 e. The highest BCUT2D eigenvalue weighted by Gasteiger charge is 2.01. The molecule has 96 valence electrons. The Bertz CT molecular complexity index is 472.